The number of carbonyl (C=O) groups is 1. The van der Waals surface area contributed by atoms with Gasteiger partial charge in [-0.05, 0) is 48.5 Å². The maximum Gasteiger partial charge on any atom is 0.234 e. The molecule has 7 rings (SSSR count). The minimum Gasteiger partial charge on any atom is -0.508 e. The number of halogens is 1. The summed E-state index contributed by atoms with van der Waals surface area (Å²) in [7, 11) is 3.56. The lowest BCUT2D eigenvalue weighted by Gasteiger charge is -2.13. The molecule has 0 saturated heterocycles. The van der Waals surface area contributed by atoms with Crippen LogP contribution in [0.15, 0.2) is 85.5 Å². The highest BCUT2D eigenvalue weighted by Crippen LogP contribution is 2.34. The van der Waals surface area contributed by atoms with Crippen molar-refractivity contribution in [2.75, 3.05) is 10.6 Å². The van der Waals surface area contributed by atoms with E-state index >= 15 is 4.39 Å². The molecule has 0 aliphatic rings. The number of hydrogen-bond donors (Lipinski definition) is 3. The highest BCUT2D eigenvalue weighted by molar-refractivity contribution is 6.10. The van der Waals surface area contributed by atoms with Crippen molar-refractivity contribution in [3.63, 3.8) is 0 Å². The second-order valence-electron chi connectivity index (χ2n) is 10.0. The lowest BCUT2D eigenvalue weighted by Crippen LogP contribution is -2.11. The number of aryl methyl sites for hydroxylation is 2. The van der Waals surface area contributed by atoms with Crippen LogP contribution in [0.3, 0.4) is 0 Å². The Morgan fingerprint density at radius 3 is 2.27 bits per heavy atom. The van der Waals surface area contributed by atoms with Gasteiger partial charge in [0.25, 0.3) is 0 Å². The van der Waals surface area contributed by atoms with E-state index in [0.29, 0.717) is 39.3 Å². The molecule has 0 aliphatic heterocycles. The van der Waals surface area contributed by atoms with Gasteiger partial charge in [-0.2, -0.15) is 10.2 Å². The molecule has 14 heteroatoms. The van der Waals surface area contributed by atoms with Crippen molar-refractivity contribution in [1.29, 1.82) is 0 Å². The zero-order chi connectivity index (χ0) is 31.1. The second kappa shape index (κ2) is 11.0. The molecule has 45 heavy (non-hydrogen) atoms. The Morgan fingerprint density at radius 2 is 1.53 bits per heavy atom. The van der Waals surface area contributed by atoms with Gasteiger partial charge in [-0.15, -0.1) is 0 Å². The number of fused-ring (bicyclic) bond motifs is 2. The molecule has 0 atom stereocenters. The van der Waals surface area contributed by atoms with Gasteiger partial charge in [0.2, 0.25) is 11.6 Å². The number of carbonyl (C=O) groups excluding carboxylic acids is 1. The molecule has 222 valence electrons. The molecule has 0 radical (unpaired) electrons. The molecule has 4 heterocycles. The first-order valence-electron chi connectivity index (χ1n) is 13.6. The van der Waals surface area contributed by atoms with Crippen molar-refractivity contribution in [3.05, 3.63) is 103 Å². The molecule has 7 aromatic rings. The van der Waals surface area contributed by atoms with Crippen LogP contribution >= 0.6 is 0 Å². The minimum atomic E-state index is -0.755. The average molecular weight is 603 g/mol. The van der Waals surface area contributed by atoms with E-state index < -0.39 is 11.6 Å². The normalized spacial score (nSPS) is 11.2. The fraction of sp³-hybridized carbons (Fsp3) is 0.0645. The molecule has 0 bridgehead atoms. The van der Waals surface area contributed by atoms with Crippen molar-refractivity contribution in [3.8, 4) is 17.2 Å². The van der Waals surface area contributed by atoms with Gasteiger partial charge in [-0.1, -0.05) is 6.07 Å². The highest BCUT2D eigenvalue weighted by atomic mass is 19.1. The summed E-state index contributed by atoms with van der Waals surface area (Å²) in [4.78, 5) is 31.4. The Kier molecular flexibility index (Phi) is 6.70. The van der Waals surface area contributed by atoms with Crippen LogP contribution in [0, 0.1) is 5.82 Å². The molecule has 13 nitrogen and oxygen atoms in total. The molecule has 0 spiro atoms. The molecule has 0 fully saturated rings. The molecular formula is C31H23FN10O3. The van der Waals surface area contributed by atoms with Gasteiger partial charge < -0.3 is 20.5 Å². The number of nitrogens with zero attached hydrogens (tertiary/aromatic N) is 8. The smallest absolute Gasteiger partial charge is 0.234 e. The Hall–Kier alpha value is -6.44. The van der Waals surface area contributed by atoms with E-state index in [-0.39, 0.29) is 34.5 Å². The van der Waals surface area contributed by atoms with E-state index in [0.717, 1.165) is 0 Å². The van der Waals surface area contributed by atoms with Gasteiger partial charge in [0.1, 0.15) is 29.5 Å². The minimum absolute atomic E-state index is 0.00534. The van der Waals surface area contributed by atoms with Gasteiger partial charge in [0.15, 0.2) is 23.2 Å². The van der Waals surface area contributed by atoms with E-state index in [1.54, 1.807) is 72.3 Å². The maximum absolute atomic E-state index is 15.3. The third kappa shape index (κ3) is 5.43. The average Bonchev–Trinajstić information content (AvgIpc) is 3.64. The largest absolute Gasteiger partial charge is 0.508 e. The summed E-state index contributed by atoms with van der Waals surface area (Å²) in [5.41, 5.74) is 0.906. The van der Waals surface area contributed by atoms with E-state index in [4.69, 9.17) is 4.74 Å². The SMILES string of the molecule is Cn1ccc(Nc2ncnc3ccc(Oc4c(F)cccc4C(=O)c4nc(Nc5ccn(C)n5)c5cc(O)ccc5n4)cc23)n1. The Bertz CT molecular complexity index is 2250. The monoisotopic (exact) mass is 602 g/mol. The first-order chi connectivity index (χ1) is 21.8. The van der Waals surface area contributed by atoms with Crippen LogP contribution in [0.4, 0.5) is 27.7 Å². The number of ether oxygens (including phenoxy) is 1. The summed E-state index contributed by atoms with van der Waals surface area (Å²) in [5, 5.41) is 26.0. The predicted molar refractivity (Wildman–Crippen MR) is 164 cm³/mol. The summed E-state index contributed by atoms with van der Waals surface area (Å²) in [6.07, 6.45) is 4.95. The number of phenolic OH excluding ortho intramolecular Hbond substituents is 1. The van der Waals surface area contributed by atoms with Crippen LogP contribution in [0.25, 0.3) is 21.8 Å². The fourth-order valence-corrected chi connectivity index (χ4v) is 4.75. The maximum atomic E-state index is 15.3. The van der Waals surface area contributed by atoms with Crippen LogP contribution in [0.2, 0.25) is 0 Å². The van der Waals surface area contributed by atoms with Crippen molar-refractivity contribution >= 4 is 50.9 Å². The van der Waals surface area contributed by atoms with Crippen LogP contribution < -0.4 is 15.4 Å². The van der Waals surface area contributed by atoms with Crippen molar-refractivity contribution in [2.45, 2.75) is 0 Å². The number of ketones is 1. The molecule has 0 unspecified atom stereocenters. The van der Waals surface area contributed by atoms with Gasteiger partial charge in [0.05, 0.1) is 16.6 Å². The summed E-state index contributed by atoms with van der Waals surface area (Å²) in [5.74, 6) is 0.0423. The zero-order valence-electron chi connectivity index (χ0n) is 23.8. The van der Waals surface area contributed by atoms with Crippen molar-refractivity contribution < 1.29 is 19.0 Å². The first kappa shape index (κ1) is 27.4. The number of nitrogens with one attached hydrogen (secondary N) is 2. The molecule has 3 N–H and O–H groups in total. The fourth-order valence-electron chi connectivity index (χ4n) is 4.75. The number of aromatic nitrogens is 8. The first-order valence-corrected chi connectivity index (χ1v) is 13.6. The van der Waals surface area contributed by atoms with Crippen LogP contribution in [0.1, 0.15) is 16.2 Å². The number of benzene rings is 3. The zero-order valence-corrected chi connectivity index (χ0v) is 23.8. The second-order valence-corrected chi connectivity index (χ2v) is 10.0. The highest BCUT2D eigenvalue weighted by Gasteiger charge is 2.23. The van der Waals surface area contributed by atoms with E-state index in [2.05, 4.69) is 40.8 Å². The van der Waals surface area contributed by atoms with Gasteiger partial charge in [0, 0.05) is 49.4 Å². The van der Waals surface area contributed by atoms with Crippen molar-refractivity contribution in [1.82, 2.24) is 39.5 Å². The number of para-hydroxylation sites is 1. The van der Waals surface area contributed by atoms with Gasteiger partial charge >= 0.3 is 0 Å². The standard InChI is InChI=1S/C31H23FN10O3/c1-41-12-10-25(39-41)36-29-21-15-18(7-9-23(21)33-16-34-29)45-28-19(4-3-5-22(28)32)27(44)31-35-24-8-6-17(43)14-20(24)30(38-31)37-26-11-13-42(2)40-26/h3-16,43H,1-2H3,(H,33,34,36,39)(H,35,37,38,40). The van der Waals surface area contributed by atoms with Gasteiger partial charge in [-0.3, -0.25) is 14.2 Å². The van der Waals surface area contributed by atoms with Gasteiger partial charge in [-0.25, -0.2) is 24.3 Å². The van der Waals surface area contributed by atoms with E-state index in [9.17, 15) is 9.90 Å². The Labute approximate surface area is 254 Å². The number of phenols is 1. The summed E-state index contributed by atoms with van der Waals surface area (Å²) >= 11 is 0. The molecule has 0 saturated carbocycles. The van der Waals surface area contributed by atoms with Crippen molar-refractivity contribution in [2.24, 2.45) is 14.1 Å². The van der Waals surface area contributed by atoms with Crippen LogP contribution in [0.5, 0.6) is 17.2 Å². The number of hydrogen-bond acceptors (Lipinski definition) is 11. The van der Waals surface area contributed by atoms with Crippen LogP contribution in [-0.2, 0) is 14.1 Å². The molecule has 0 aliphatic carbocycles. The summed E-state index contributed by atoms with van der Waals surface area (Å²) < 4.78 is 24.6. The third-order valence-electron chi connectivity index (χ3n) is 6.84. The third-order valence-corrected chi connectivity index (χ3v) is 6.84. The van der Waals surface area contributed by atoms with E-state index in [1.807, 2.05) is 0 Å². The predicted octanol–water partition coefficient (Wildman–Crippen LogP) is 5.40. The molecule has 3 aromatic carbocycles. The number of anilines is 4. The molecule has 0 amide bonds. The molecular weight excluding hydrogens is 579 g/mol. The van der Waals surface area contributed by atoms with Crippen LogP contribution in [-0.4, -0.2) is 50.4 Å². The Morgan fingerprint density at radius 1 is 0.822 bits per heavy atom. The van der Waals surface area contributed by atoms with E-state index in [1.165, 1.54) is 36.7 Å². The topological polar surface area (TPSA) is 158 Å². The number of rotatable bonds is 8. The summed E-state index contributed by atoms with van der Waals surface area (Å²) in [6, 6.07) is 17.0. The lowest BCUT2D eigenvalue weighted by atomic mass is 10.1. The lowest BCUT2D eigenvalue weighted by molar-refractivity contribution is 0.102. The summed E-state index contributed by atoms with van der Waals surface area (Å²) in [6.45, 7) is 0. The number of aromatic hydroxyl groups is 1. The molecule has 4 aromatic heterocycles. The quantitative estimate of drug-likeness (QED) is 0.191. The Balaban J connectivity index is 1.26.